The van der Waals surface area contributed by atoms with Crippen molar-refractivity contribution in [3.8, 4) is 11.5 Å². The van der Waals surface area contributed by atoms with E-state index in [1.54, 1.807) is 62.8 Å². The average molecular weight is 488 g/mol. The zero-order valence-electron chi connectivity index (χ0n) is 20.1. The smallest absolute Gasteiger partial charge is 0.359 e. The molecule has 4 rings (SSSR count). The molecule has 0 aliphatic heterocycles. The largest absolute Gasteiger partial charge is 0.497 e. The van der Waals surface area contributed by atoms with Gasteiger partial charge < -0.3 is 19.5 Å². The Hall–Kier alpha value is -4.66. The summed E-state index contributed by atoms with van der Waals surface area (Å²) in [6.07, 6.45) is 0. The number of aromatic nitrogens is 2. The minimum atomic E-state index is -0.803. The maximum atomic E-state index is 12.9. The molecule has 0 saturated heterocycles. The number of hydrogen-bond acceptors (Lipinski definition) is 7. The van der Waals surface area contributed by atoms with Crippen LogP contribution in [-0.4, -0.2) is 42.5 Å². The summed E-state index contributed by atoms with van der Waals surface area (Å²) in [7, 11) is 4.61. The number of methoxy groups -OCH3 is 2. The first kappa shape index (κ1) is 24.5. The van der Waals surface area contributed by atoms with E-state index in [4.69, 9.17) is 14.2 Å². The van der Waals surface area contributed by atoms with Crippen LogP contribution in [0.1, 0.15) is 27.7 Å². The molecule has 1 N–H and O–H groups in total. The number of fused-ring (bicyclic) bond motifs is 1. The molecule has 0 unspecified atom stereocenters. The van der Waals surface area contributed by atoms with Crippen molar-refractivity contribution in [2.75, 3.05) is 20.8 Å². The molecule has 1 aromatic heterocycles. The first-order valence-electron chi connectivity index (χ1n) is 11.1. The van der Waals surface area contributed by atoms with E-state index in [1.807, 2.05) is 24.3 Å². The van der Waals surface area contributed by atoms with Crippen LogP contribution in [0.25, 0.3) is 10.8 Å². The first-order valence-corrected chi connectivity index (χ1v) is 11.1. The Morgan fingerprint density at radius 2 is 1.39 bits per heavy atom. The number of ether oxygens (including phenoxy) is 3. The Morgan fingerprint density at radius 1 is 0.861 bits per heavy atom. The third kappa shape index (κ3) is 5.20. The predicted octanol–water partition coefficient (Wildman–Crippen LogP) is 3.01. The number of nitrogens with one attached hydrogen (secondary N) is 1. The lowest BCUT2D eigenvalue weighted by Crippen LogP contribution is -2.33. The average Bonchev–Trinajstić information content (AvgIpc) is 2.92. The Morgan fingerprint density at radius 3 is 1.92 bits per heavy atom. The first-order chi connectivity index (χ1) is 17.4. The molecular formula is C27H25N3O6. The van der Waals surface area contributed by atoms with Crippen molar-refractivity contribution >= 4 is 22.6 Å². The lowest BCUT2D eigenvalue weighted by atomic mass is 9.98. The van der Waals surface area contributed by atoms with Crippen molar-refractivity contribution < 1.29 is 23.8 Å². The van der Waals surface area contributed by atoms with Crippen LogP contribution < -0.4 is 20.3 Å². The fourth-order valence-electron chi connectivity index (χ4n) is 3.80. The fraction of sp³-hybridized carbons (Fsp3) is 0.185. The van der Waals surface area contributed by atoms with Crippen LogP contribution in [-0.2, 0) is 16.6 Å². The van der Waals surface area contributed by atoms with Crippen LogP contribution in [0.15, 0.2) is 77.6 Å². The third-order valence-corrected chi connectivity index (χ3v) is 5.69. The molecule has 9 heteroatoms. The quantitative estimate of drug-likeness (QED) is 0.381. The number of hydrogen-bond donors (Lipinski definition) is 1. The molecule has 1 amide bonds. The maximum Gasteiger partial charge on any atom is 0.359 e. The van der Waals surface area contributed by atoms with Crippen LogP contribution >= 0.6 is 0 Å². The summed E-state index contributed by atoms with van der Waals surface area (Å²) in [6, 6.07) is 20.7. The highest BCUT2D eigenvalue weighted by Crippen LogP contribution is 2.26. The molecule has 0 bridgehead atoms. The zero-order chi connectivity index (χ0) is 25.7. The highest BCUT2D eigenvalue weighted by molar-refractivity contribution is 6.02. The Kier molecular flexibility index (Phi) is 7.29. The van der Waals surface area contributed by atoms with Gasteiger partial charge in [0.15, 0.2) is 12.3 Å². The van der Waals surface area contributed by atoms with Crippen molar-refractivity contribution in [2.45, 2.75) is 6.04 Å². The van der Waals surface area contributed by atoms with E-state index < -0.39 is 24.5 Å². The van der Waals surface area contributed by atoms with Gasteiger partial charge in [0.1, 0.15) is 11.5 Å². The molecule has 0 saturated carbocycles. The number of carbonyl (C=O) groups excluding carboxylic acids is 2. The van der Waals surface area contributed by atoms with Crippen molar-refractivity contribution in [2.24, 2.45) is 7.05 Å². The zero-order valence-corrected chi connectivity index (χ0v) is 20.1. The molecule has 36 heavy (non-hydrogen) atoms. The van der Waals surface area contributed by atoms with Gasteiger partial charge in [-0.15, -0.1) is 0 Å². The van der Waals surface area contributed by atoms with Gasteiger partial charge in [0, 0.05) is 12.4 Å². The second-order valence-electron chi connectivity index (χ2n) is 7.95. The summed E-state index contributed by atoms with van der Waals surface area (Å²) in [6.45, 7) is -0.527. The fourth-order valence-corrected chi connectivity index (χ4v) is 3.80. The van der Waals surface area contributed by atoms with Gasteiger partial charge in [-0.25, -0.2) is 9.48 Å². The Labute approximate surface area is 207 Å². The normalized spacial score (nSPS) is 10.8. The molecule has 0 radical (unpaired) electrons. The number of nitrogens with zero attached hydrogens (tertiary/aromatic N) is 2. The lowest BCUT2D eigenvalue weighted by molar-refractivity contribution is -0.124. The summed E-state index contributed by atoms with van der Waals surface area (Å²) in [4.78, 5) is 37.9. The van der Waals surface area contributed by atoms with E-state index in [0.29, 0.717) is 22.3 Å². The van der Waals surface area contributed by atoms with Crippen LogP contribution in [0, 0.1) is 0 Å². The second kappa shape index (κ2) is 10.7. The Bertz CT molecular complexity index is 1400. The van der Waals surface area contributed by atoms with E-state index in [0.717, 1.165) is 15.8 Å². The van der Waals surface area contributed by atoms with Crippen molar-refractivity contribution in [1.82, 2.24) is 15.1 Å². The number of esters is 1. The second-order valence-corrected chi connectivity index (χ2v) is 7.95. The van der Waals surface area contributed by atoms with Gasteiger partial charge in [0.25, 0.3) is 11.5 Å². The van der Waals surface area contributed by atoms with Gasteiger partial charge in [0.2, 0.25) is 0 Å². The van der Waals surface area contributed by atoms with Crippen LogP contribution in [0.5, 0.6) is 11.5 Å². The molecule has 0 spiro atoms. The number of amides is 1. The molecule has 0 fully saturated rings. The number of benzene rings is 3. The molecule has 4 aromatic rings. The van der Waals surface area contributed by atoms with E-state index >= 15 is 0 Å². The van der Waals surface area contributed by atoms with Crippen LogP contribution in [0.4, 0.5) is 0 Å². The number of aryl methyl sites for hydroxylation is 1. The van der Waals surface area contributed by atoms with E-state index in [1.165, 1.54) is 7.05 Å². The summed E-state index contributed by atoms with van der Waals surface area (Å²) in [5, 5.41) is 7.66. The van der Waals surface area contributed by atoms with Crippen LogP contribution in [0.2, 0.25) is 0 Å². The summed E-state index contributed by atoms with van der Waals surface area (Å²) in [5.74, 6) is 0.0606. The number of rotatable bonds is 8. The maximum absolute atomic E-state index is 12.9. The summed E-state index contributed by atoms with van der Waals surface area (Å²) < 4.78 is 16.8. The Balaban J connectivity index is 1.53. The third-order valence-electron chi connectivity index (χ3n) is 5.69. The van der Waals surface area contributed by atoms with E-state index in [2.05, 4.69) is 10.4 Å². The molecule has 0 atom stereocenters. The monoisotopic (exact) mass is 487 g/mol. The van der Waals surface area contributed by atoms with Gasteiger partial charge in [0.05, 0.1) is 25.6 Å². The van der Waals surface area contributed by atoms with Crippen molar-refractivity contribution in [3.05, 3.63) is 100.0 Å². The minimum absolute atomic E-state index is 0.0395. The molecule has 1 heterocycles. The van der Waals surface area contributed by atoms with Gasteiger partial charge in [-0.1, -0.05) is 42.5 Å². The SMILES string of the molecule is COc1ccc(C(NC(=O)COC(=O)c2nn(C)c(=O)c3ccccc23)c2ccc(OC)cc2)cc1. The van der Waals surface area contributed by atoms with E-state index in [-0.39, 0.29) is 11.3 Å². The highest BCUT2D eigenvalue weighted by atomic mass is 16.5. The van der Waals surface area contributed by atoms with Crippen LogP contribution in [0.3, 0.4) is 0 Å². The molecule has 0 aliphatic carbocycles. The molecule has 3 aromatic carbocycles. The molecule has 0 aliphatic rings. The standard InChI is InChI=1S/C27H25N3O6/c1-30-26(32)22-7-5-4-6-21(22)25(29-30)27(33)36-16-23(31)28-24(17-8-12-19(34-2)13-9-17)18-10-14-20(35-3)15-11-18/h4-15,24H,16H2,1-3H3,(H,28,31). The lowest BCUT2D eigenvalue weighted by Gasteiger charge is -2.20. The van der Waals surface area contributed by atoms with Gasteiger partial charge in [-0.05, 0) is 41.5 Å². The highest BCUT2D eigenvalue weighted by Gasteiger charge is 2.21. The van der Waals surface area contributed by atoms with E-state index in [9.17, 15) is 14.4 Å². The predicted molar refractivity (Wildman–Crippen MR) is 133 cm³/mol. The summed E-state index contributed by atoms with van der Waals surface area (Å²) in [5.41, 5.74) is 1.25. The topological polar surface area (TPSA) is 109 Å². The van der Waals surface area contributed by atoms with Crippen molar-refractivity contribution in [1.29, 1.82) is 0 Å². The molecule has 184 valence electrons. The number of carbonyl (C=O) groups is 2. The van der Waals surface area contributed by atoms with Gasteiger partial charge >= 0.3 is 5.97 Å². The molecular weight excluding hydrogens is 462 g/mol. The summed E-state index contributed by atoms with van der Waals surface area (Å²) >= 11 is 0. The van der Waals surface area contributed by atoms with Crippen molar-refractivity contribution in [3.63, 3.8) is 0 Å². The van der Waals surface area contributed by atoms with Gasteiger partial charge in [-0.3, -0.25) is 9.59 Å². The molecule has 9 nitrogen and oxygen atoms in total. The minimum Gasteiger partial charge on any atom is -0.497 e. The van der Waals surface area contributed by atoms with Gasteiger partial charge in [-0.2, -0.15) is 5.10 Å².